The van der Waals surface area contributed by atoms with Crippen molar-refractivity contribution in [3.8, 4) is 0 Å². The summed E-state index contributed by atoms with van der Waals surface area (Å²) in [7, 11) is 0. The largest absolute Gasteiger partial charge is 0.394 e. The lowest BCUT2D eigenvalue weighted by atomic mass is 10.1. The number of amides is 1. The van der Waals surface area contributed by atoms with E-state index in [1.54, 1.807) is 0 Å². The number of benzene rings is 2. The minimum absolute atomic E-state index is 0.191. The first kappa shape index (κ1) is 25.8. The van der Waals surface area contributed by atoms with E-state index in [4.69, 9.17) is 14.8 Å². The second kappa shape index (κ2) is 11.4. The van der Waals surface area contributed by atoms with Crippen molar-refractivity contribution in [2.24, 2.45) is 5.16 Å². The quantitative estimate of drug-likeness (QED) is 0.152. The Morgan fingerprint density at radius 1 is 1.25 bits per heavy atom. The zero-order chi connectivity index (χ0) is 23.9. The number of nitrogens with one attached hydrogen (secondary N) is 2. The highest BCUT2D eigenvalue weighted by molar-refractivity contribution is 14.1. The molecule has 4 N–H and O–H groups in total. The molecule has 0 bridgehead atoms. The SMILES string of the molecule is CC(C)(O)CO/N=C\c1cc(C(=O)NOCCO)c(Nc2ccc(I)cc2F)c(F)c1F. The van der Waals surface area contributed by atoms with E-state index in [-0.39, 0.29) is 18.9 Å². The lowest BCUT2D eigenvalue weighted by Gasteiger charge is -2.16. The summed E-state index contributed by atoms with van der Waals surface area (Å²) in [6.45, 7) is 2.06. The molecule has 8 nitrogen and oxygen atoms in total. The van der Waals surface area contributed by atoms with E-state index >= 15 is 0 Å². The fourth-order valence-corrected chi connectivity index (χ4v) is 2.73. The molecule has 0 aromatic heterocycles. The summed E-state index contributed by atoms with van der Waals surface area (Å²) in [5.74, 6) is -4.58. The maximum Gasteiger partial charge on any atom is 0.277 e. The van der Waals surface area contributed by atoms with Gasteiger partial charge in [0.15, 0.2) is 11.6 Å². The van der Waals surface area contributed by atoms with Crippen LogP contribution in [0.1, 0.15) is 29.8 Å². The number of halogens is 4. The van der Waals surface area contributed by atoms with Crippen molar-refractivity contribution >= 4 is 46.1 Å². The molecule has 0 aliphatic heterocycles. The minimum Gasteiger partial charge on any atom is -0.394 e. The van der Waals surface area contributed by atoms with Crippen LogP contribution in [-0.2, 0) is 9.68 Å². The number of hydrogen-bond donors (Lipinski definition) is 4. The van der Waals surface area contributed by atoms with Crippen molar-refractivity contribution in [1.29, 1.82) is 0 Å². The van der Waals surface area contributed by atoms with Crippen LogP contribution >= 0.6 is 22.6 Å². The molecule has 2 aromatic carbocycles. The van der Waals surface area contributed by atoms with Gasteiger partial charge in [0.1, 0.15) is 12.4 Å². The van der Waals surface area contributed by atoms with E-state index < -0.39 is 52.4 Å². The van der Waals surface area contributed by atoms with Gasteiger partial charge in [-0.15, -0.1) is 0 Å². The number of aliphatic hydroxyl groups excluding tert-OH is 1. The second-order valence-electron chi connectivity index (χ2n) is 7.09. The second-order valence-corrected chi connectivity index (χ2v) is 8.33. The van der Waals surface area contributed by atoms with Crippen LogP contribution in [0, 0.1) is 21.0 Å². The smallest absolute Gasteiger partial charge is 0.277 e. The molecule has 32 heavy (non-hydrogen) atoms. The number of hydrogen-bond acceptors (Lipinski definition) is 7. The van der Waals surface area contributed by atoms with Gasteiger partial charge < -0.3 is 20.4 Å². The Kier molecular flexibility index (Phi) is 9.24. The summed E-state index contributed by atoms with van der Waals surface area (Å²) < 4.78 is 44.4. The normalized spacial score (nSPS) is 11.6. The molecule has 0 fully saturated rings. The van der Waals surface area contributed by atoms with Crippen LogP contribution in [0.25, 0.3) is 0 Å². The molecule has 174 valence electrons. The molecule has 12 heteroatoms. The molecule has 0 atom stereocenters. The van der Waals surface area contributed by atoms with Crippen LogP contribution < -0.4 is 10.8 Å². The fraction of sp³-hybridized carbons (Fsp3) is 0.300. The molecule has 0 aliphatic rings. The van der Waals surface area contributed by atoms with Crippen LogP contribution in [0.4, 0.5) is 24.5 Å². The van der Waals surface area contributed by atoms with Crippen LogP contribution in [-0.4, -0.2) is 47.8 Å². The summed E-state index contributed by atoms with van der Waals surface area (Å²) in [5.41, 5.74) is -0.928. The van der Waals surface area contributed by atoms with Gasteiger partial charge in [0, 0.05) is 9.13 Å². The predicted octanol–water partition coefficient (Wildman–Crippen LogP) is 3.23. The molecular weight excluding hydrogens is 546 g/mol. The van der Waals surface area contributed by atoms with Gasteiger partial charge in [-0.1, -0.05) is 5.16 Å². The average molecular weight is 567 g/mol. The summed E-state index contributed by atoms with van der Waals surface area (Å²) in [4.78, 5) is 22.1. The summed E-state index contributed by atoms with van der Waals surface area (Å²) >= 11 is 1.88. The lowest BCUT2D eigenvalue weighted by Crippen LogP contribution is -2.26. The first-order valence-electron chi connectivity index (χ1n) is 9.18. The number of hydroxylamine groups is 1. The Morgan fingerprint density at radius 2 is 1.97 bits per heavy atom. The zero-order valence-electron chi connectivity index (χ0n) is 17.1. The Hall–Kier alpha value is -2.42. The molecule has 0 unspecified atom stereocenters. The van der Waals surface area contributed by atoms with Crippen molar-refractivity contribution in [1.82, 2.24) is 5.48 Å². The van der Waals surface area contributed by atoms with Gasteiger partial charge in [-0.2, -0.15) is 0 Å². The molecule has 0 spiro atoms. The molecule has 2 aromatic rings. The van der Waals surface area contributed by atoms with E-state index in [1.165, 1.54) is 32.0 Å². The number of oxime groups is 1. The topological polar surface area (TPSA) is 112 Å². The lowest BCUT2D eigenvalue weighted by molar-refractivity contribution is -0.0185. The molecule has 0 saturated heterocycles. The summed E-state index contributed by atoms with van der Waals surface area (Å²) in [6, 6.07) is 4.96. The molecule has 0 aliphatic carbocycles. The number of nitrogens with zero attached hydrogens (tertiary/aromatic N) is 1. The third-order valence-corrected chi connectivity index (χ3v) is 4.38. The van der Waals surface area contributed by atoms with Crippen molar-refractivity contribution in [3.63, 3.8) is 0 Å². The highest BCUT2D eigenvalue weighted by Gasteiger charge is 2.23. The molecule has 0 heterocycles. The van der Waals surface area contributed by atoms with E-state index in [1.807, 2.05) is 28.1 Å². The highest BCUT2D eigenvalue weighted by atomic mass is 127. The highest BCUT2D eigenvalue weighted by Crippen LogP contribution is 2.30. The van der Waals surface area contributed by atoms with Gasteiger partial charge in [-0.3, -0.25) is 9.63 Å². The van der Waals surface area contributed by atoms with Gasteiger partial charge in [0.05, 0.1) is 42.0 Å². The Morgan fingerprint density at radius 3 is 2.59 bits per heavy atom. The number of carbonyl (C=O) groups is 1. The zero-order valence-corrected chi connectivity index (χ0v) is 19.2. The van der Waals surface area contributed by atoms with E-state index in [0.29, 0.717) is 3.57 Å². The van der Waals surface area contributed by atoms with Gasteiger partial charge in [0.2, 0.25) is 0 Å². The standard InChI is InChI=1S/C20H21F3IN3O5/c1-20(2,30)10-32-25-9-11-7-13(19(29)27-31-6-5-28)18(17(23)16(11)22)26-15-4-3-12(24)8-14(15)21/h3-4,7-9,26,28,30H,5-6,10H2,1-2H3,(H,27,29)/b25-9-. The Bertz CT molecular complexity index is 999. The maximum atomic E-state index is 14.9. The average Bonchev–Trinajstić information content (AvgIpc) is 2.71. The minimum atomic E-state index is -1.47. The van der Waals surface area contributed by atoms with Crippen molar-refractivity contribution in [2.75, 3.05) is 25.1 Å². The number of aliphatic hydroxyl groups is 2. The van der Waals surface area contributed by atoms with E-state index in [2.05, 4.69) is 10.5 Å². The predicted molar refractivity (Wildman–Crippen MR) is 119 cm³/mol. The third kappa shape index (κ3) is 7.32. The monoisotopic (exact) mass is 567 g/mol. The summed E-state index contributed by atoms with van der Waals surface area (Å²) in [5, 5.41) is 24.2. The molecule has 2 rings (SSSR count). The van der Waals surface area contributed by atoms with Gasteiger partial charge in [-0.05, 0) is 60.7 Å². The maximum absolute atomic E-state index is 14.9. The van der Waals surface area contributed by atoms with Crippen LogP contribution in [0.3, 0.4) is 0 Å². The van der Waals surface area contributed by atoms with Crippen molar-refractivity contribution in [3.05, 3.63) is 56.4 Å². The van der Waals surface area contributed by atoms with Crippen molar-refractivity contribution < 1.29 is 37.9 Å². The van der Waals surface area contributed by atoms with Crippen molar-refractivity contribution in [2.45, 2.75) is 19.4 Å². The molecule has 0 saturated carbocycles. The number of rotatable bonds is 10. The van der Waals surface area contributed by atoms with Crippen LogP contribution in [0.2, 0.25) is 0 Å². The van der Waals surface area contributed by atoms with Gasteiger partial charge >= 0.3 is 0 Å². The summed E-state index contributed by atoms with van der Waals surface area (Å²) in [6.07, 6.45) is 0.824. The van der Waals surface area contributed by atoms with Gasteiger partial charge in [0.25, 0.3) is 5.91 Å². The molecular formula is C20H21F3IN3O5. The van der Waals surface area contributed by atoms with E-state index in [9.17, 15) is 23.1 Å². The van der Waals surface area contributed by atoms with E-state index in [0.717, 1.165) is 12.3 Å². The Balaban J connectivity index is 2.45. The first-order valence-corrected chi connectivity index (χ1v) is 10.3. The fourth-order valence-electron chi connectivity index (χ4n) is 2.27. The van der Waals surface area contributed by atoms with Crippen LogP contribution in [0.5, 0.6) is 0 Å². The number of carbonyl (C=O) groups excluding carboxylic acids is 1. The number of anilines is 2. The first-order chi connectivity index (χ1) is 15.0. The third-order valence-electron chi connectivity index (χ3n) is 3.71. The molecule has 0 radical (unpaired) electrons. The van der Waals surface area contributed by atoms with Gasteiger partial charge in [-0.25, -0.2) is 18.7 Å². The molecule has 1 amide bonds. The van der Waals surface area contributed by atoms with Crippen LogP contribution in [0.15, 0.2) is 29.4 Å². The Labute approximate surface area is 195 Å².